The quantitative estimate of drug-likeness (QED) is 0.774. The van der Waals surface area contributed by atoms with Crippen LogP contribution < -0.4 is 5.32 Å². The standard InChI is InChI=1S/C11H14F2N2/c1-10(2)6-15-8-4-7(11(3,12)13)5-14-9(8)10/h4-5,15H,6H2,1-3H3. The fraction of sp³-hybridized carbons (Fsp3) is 0.545. The summed E-state index contributed by atoms with van der Waals surface area (Å²) in [5.74, 6) is -2.82. The Labute approximate surface area is 87.7 Å². The van der Waals surface area contributed by atoms with Crippen LogP contribution in [-0.4, -0.2) is 11.5 Å². The van der Waals surface area contributed by atoms with Gasteiger partial charge in [-0.15, -0.1) is 0 Å². The van der Waals surface area contributed by atoms with Crippen LogP contribution >= 0.6 is 0 Å². The van der Waals surface area contributed by atoms with Gasteiger partial charge in [-0.2, -0.15) is 0 Å². The predicted molar refractivity (Wildman–Crippen MR) is 55.3 cm³/mol. The van der Waals surface area contributed by atoms with E-state index in [4.69, 9.17) is 0 Å². The van der Waals surface area contributed by atoms with Gasteiger partial charge >= 0.3 is 0 Å². The lowest BCUT2D eigenvalue weighted by Crippen LogP contribution is -2.20. The van der Waals surface area contributed by atoms with Gasteiger partial charge in [0.2, 0.25) is 0 Å². The van der Waals surface area contributed by atoms with Gasteiger partial charge in [0.15, 0.2) is 0 Å². The number of pyridine rings is 1. The van der Waals surface area contributed by atoms with Crippen LogP contribution in [0.25, 0.3) is 0 Å². The highest BCUT2D eigenvalue weighted by atomic mass is 19.3. The third-order valence-corrected chi connectivity index (χ3v) is 2.76. The summed E-state index contributed by atoms with van der Waals surface area (Å²) < 4.78 is 26.1. The molecule has 0 aliphatic carbocycles. The van der Waals surface area contributed by atoms with Gasteiger partial charge in [0.1, 0.15) is 0 Å². The summed E-state index contributed by atoms with van der Waals surface area (Å²) in [4.78, 5) is 4.14. The van der Waals surface area contributed by atoms with E-state index in [0.29, 0.717) is 0 Å². The molecule has 0 radical (unpaired) electrons. The Morgan fingerprint density at radius 2 is 2.13 bits per heavy atom. The summed E-state index contributed by atoms with van der Waals surface area (Å²) in [6, 6.07) is 1.50. The van der Waals surface area contributed by atoms with Crippen LogP contribution in [0.4, 0.5) is 14.5 Å². The highest BCUT2D eigenvalue weighted by Crippen LogP contribution is 2.37. The third-order valence-electron chi connectivity index (χ3n) is 2.76. The first-order valence-corrected chi connectivity index (χ1v) is 4.93. The Morgan fingerprint density at radius 3 is 2.73 bits per heavy atom. The molecule has 82 valence electrons. The average molecular weight is 212 g/mol. The first kappa shape index (κ1) is 10.3. The molecular formula is C11H14F2N2. The second-order valence-electron chi connectivity index (χ2n) is 4.75. The number of fused-ring (bicyclic) bond motifs is 1. The van der Waals surface area contributed by atoms with E-state index in [1.165, 1.54) is 12.3 Å². The fourth-order valence-electron chi connectivity index (χ4n) is 1.78. The largest absolute Gasteiger partial charge is 0.383 e. The normalized spacial score (nSPS) is 18.5. The van der Waals surface area contributed by atoms with E-state index in [0.717, 1.165) is 24.8 Å². The maximum Gasteiger partial charge on any atom is 0.272 e. The van der Waals surface area contributed by atoms with Crippen LogP contribution in [0.2, 0.25) is 0 Å². The smallest absolute Gasteiger partial charge is 0.272 e. The summed E-state index contributed by atoms with van der Waals surface area (Å²) in [6.07, 6.45) is 1.27. The molecule has 2 nitrogen and oxygen atoms in total. The lowest BCUT2D eigenvalue weighted by Gasteiger charge is -2.16. The van der Waals surface area contributed by atoms with Crippen molar-refractivity contribution in [3.63, 3.8) is 0 Å². The summed E-state index contributed by atoms with van der Waals surface area (Å²) in [6.45, 7) is 5.72. The van der Waals surface area contributed by atoms with Crippen molar-refractivity contribution < 1.29 is 8.78 Å². The third kappa shape index (κ3) is 1.68. The molecule has 1 aliphatic rings. The summed E-state index contributed by atoms with van der Waals surface area (Å²) in [7, 11) is 0. The molecule has 1 N–H and O–H groups in total. The van der Waals surface area contributed by atoms with Crippen molar-refractivity contribution >= 4 is 5.69 Å². The predicted octanol–water partition coefficient (Wildman–Crippen LogP) is 2.90. The van der Waals surface area contributed by atoms with Gasteiger partial charge in [0, 0.05) is 30.6 Å². The topological polar surface area (TPSA) is 24.9 Å². The van der Waals surface area contributed by atoms with Crippen molar-refractivity contribution in [1.29, 1.82) is 0 Å². The minimum absolute atomic E-state index is 0.0357. The molecule has 0 amide bonds. The molecule has 0 bridgehead atoms. The van der Waals surface area contributed by atoms with E-state index in [-0.39, 0.29) is 11.0 Å². The molecule has 1 aromatic heterocycles. The highest BCUT2D eigenvalue weighted by molar-refractivity contribution is 5.58. The Kier molecular flexibility index (Phi) is 2.00. The van der Waals surface area contributed by atoms with Crippen LogP contribution in [-0.2, 0) is 11.3 Å². The molecule has 0 aromatic carbocycles. The van der Waals surface area contributed by atoms with E-state index in [2.05, 4.69) is 10.3 Å². The molecular weight excluding hydrogens is 198 g/mol. The van der Waals surface area contributed by atoms with E-state index in [9.17, 15) is 8.78 Å². The summed E-state index contributed by atoms with van der Waals surface area (Å²) in [5, 5.41) is 3.11. The number of nitrogens with one attached hydrogen (secondary N) is 1. The Balaban J connectivity index is 2.47. The average Bonchev–Trinajstić information content (AvgIpc) is 2.41. The number of aromatic nitrogens is 1. The molecule has 0 spiro atoms. The second kappa shape index (κ2) is 2.90. The van der Waals surface area contributed by atoms with E-state index in [1.807, 2.05) is 13.8 Å². The fourth-order valence-corrected chi connectivity index (χ4v) is 1.78. The van der Waals surface area contributed by atoms with E-state index in [1.54, 1.807) is 0 Å². The molecule has 0 saturated heterocycles. The van der Waals surface area contributed by atoms with Gasteiger partial charge in [-0.25, -0.2) is 8.78 Å². The molecule has 4 heteroatoms. The zero-order chi connectivity index (χ0) is 11.3. The van der Waals surface area contributed by atoms with Gasteiger partial charge in [0.05, 0.1) is 11.4 Å². The molecule has 0 saturated carbocycles. The minimum Gasteiger partial charge on any atom is -0.383 e. The van der Waals surface area contributed by atoms with Crippen LogP contribution in [0, 0.1) is 0 Å². The van der Waals surface area contributed by atoms with Gasteiger partial charge in [-0.1, -0.05) is 13.8 Å². The summed E-state index contributed by atoms with van der Waals surface area (Å²) >= 11 is 0. The van der Waals surface area contributed by atoms with Crippen molar-refractivity contribution in [1.82, 2.24) is 4.98 Å². The van der Waals surface area contributed by atoms with Gasteiger partial charge in [0.25, 0.3) is 5.92 Å². The first-order valence-electron chi connectivity index (χ1n) is 4.93. The molecule has 2 heterocycles. The molecule has 1 aromatic rings. The molecule has 0 atom stereocenters. The maximum absolute atomic E-state index is 13.0. The van der Waals surface area contributed by atoms with Crippen LogP contribution in [0.1, 0.15) is 32.0 Å². The van der Waals surface area contributed by atoms with Crippen molar-refractivity contribution in [2.75, 3.05) is 11.9 Å². The van der Waals surface area contributed by atoms with Crippen molar-refractivity contribution in [2.45, 2.75) is 32.1 Å². The number of nitrogens with zero attached hydrogens (tertiary/aromatic N) is 1. The van der Waals surface area contributed by atoms with E-state index >= 15 is 0 Å². The number of alkyl halides is 2. The summed E-state index contributed by atoms with van der Waals surface area (Å²) in [5.41, 5.74) is 1.50. The van der Waals surface area contributed by atoms with E-state index < -0.39 is 5.92 Å². The first-order chi connectivity index (χ1) is 6.81. The number of halogens is 2. The number of hydrogen-bond acceptors (Lipinski definition) is 2. The number of rotatable bonds is 1. The number of anilines is 1. The lowest BCUT2D eigenvalue weighted by atomic mass is 9.91. The molecule has 0 fully saturated rings. The van der Waals surface area contributed by atoms with Crippen molar-refractivity contribution in [3.8, 4) is 0 Å². The van der Waals surface area contributed by atoms with Crippen LogP contribution in [0.3, 0.4) is 0 Å². The van der Waals surface area contributed by atoms with Gasteiger partial charge in [-0.05, 0) is 6.07 Å². The Morgan fingerprint density at radius 1 is 1.47 bits per heavy atom. The lowest BCUT2D eigenvalue weighted by molar-refractivity contribution is 0.0171. The zero-order valence-corrected chi connectivity index (χ0v) is 9.06. The number of hydrogen-bond donors (Lipinski definition) is 1. The molecule has 0 unspecified atom stereocenters. The van der Waals surface area contributed by atoms with Crippen LogP contribution in [0.5, 0.6) is 0 Å². The molecule has 2 rings (SSSR count). The van der Waals surface area contributed by atoms with Crippen molar-refractivity contribution in [3.05, 3.63) is 23.5 Å². The molecule has 15 heavy (non-hydrogen) atoms. The Hall–Kier alpha value is -1.19. The van der Waals surface area contributed by atoms with Gasteiger partial charge < -0.3 is 5.32 Å². The second-order valence-corrected chi connectivity index (χ2v) is 4.75. The monoisotopic (exact) mass is 212 g/mol. The molecule has 1 aliphatic heterocycles. The highest BCUT2D eigenvalue weighted by Gasteiger charge is 2.33. The maximum atomic E-state index is 13.0. The Bertz CT molecular complexity index is 394. The minimum atomic E-state index is -2.82. The van der Waals surface area contributed by atoms with Crippen LogP contribution in [0.15, 0.2) is 12.3 Å². The van der Waals surface area contributed by atoms with Crippen molar-refractivity contribution in [2.24, 2.45) is 0 Å². The SMILES string of the molecule is CC(F)(F)c1cnc2c(c1)NCC2(C)C. The zero-order valence-electron chi connectivity index (χ0n) is 9.06. The van der Waals surface area contributed by atoms with Gasteiger partial charge in [-0.3, -0.25) is 4.98 Å².